The van der Waals surface area contributed by atoms with Crippen LogP contribution < -0.4 is 5.32 Å². The predicted octanol–water partition coefficient (Wildman–Crippen LogP) is 4.33. The topological polar surface area (TPSA) is 52.7 Å². The van der Waals surface area contributed by atoms with Crippen molar-refractivity contribution in [2.24, 2.45) is 5.92 Å². The molecule has 0 atom stereocenters. The Morgan fingerprint density at radius 3 is 2.40 bits per heavy atom. The molecule has 160 valence electrons. The summed E-state index contributed by atoms with van der Waals surface area (Å²) >= 11 is 0. The van der Waals surface area contributed by atoms with E-state index in [4.69, 9.17) is 0 Å². The molecule has 1 saturated heterocycles. The van der Waals surface area contributed by atoms with Crippen LogP contribution in [0.1, 0.15) is 48.2 Å². The molecular formula is C25H33N3O2. The van der Waals surface area contributed by atoms with Gasteiger partial charge in [0.05, 0.1) is 11.3 Å². The number of benzene rings is 2. The van der Waals surface area contributed by atoms with Gasteiger partial charge in [0.25, 0.3) is 5.91 Å². The highest BCUT2D eigenvalue weighted by atomic mass is 16.2. The van der Waals surface area contributed by atoms with Crippen LogP contribution in [-0.4, -0.2) is 47.8 Å². The maximum absolute atomic E-state index is 12.9. The van der Waals surface area contributed by atoms with Crippen LogP contribution in [0, 0.1) is 12.8 Å². The molecule has 0 spiro atoms. The van der Waals surface area contributed by atoms with Gasteiger partial charge in [0.1, 0.15) is 0 Å². The van der Waals surface area contributed by atoms with Gasteiger partial charge >= 0.3 is 0 Å². The van der Waals surface area contributed by atoms with Crippen molar-refractivity contribution >= 4 is 17.5 Å². The van der Waals surface area contributed by atoms with E-state index < -0.39 is 0 Å². The number of para-hydroxylation sites is 1. The number of amides is 2. The molecule has 0 radical (unpaired) electrons. The van der Waals surface area contributed by atoms with Gasteiger partial charge in [-0.25, -0.2) is 0 Å². The van der Waals surface area contributed by atoms with Gasteiger partial charge in [-0.05, 0) is 64.4 Å². The van der Waals surface area contributed by atoms with E-state index in [9.17, 15) is 9.59 Å². The van der Waals surface area contributed by atoms with Gasteiger partial charge in [0.15, 0.2) is 0 Å². The number of aryl methyl sites for hydroxylation is 1. The number of carbonyl (C=O) groups is 2. The Morgan fingerprint density at radius 2 is 1.73 bits per heavy atom. The molecular weight excluding hydrogens is 374 g/mol. The number of piperidine rings is 1. The summed E-state index contributed by atoms with van der Waals surface area (Å²) in [5.74, 6) is -0.0377. The Kier molecular flexibility index (Phi) is 7.63. The highest BCUT2D eigenvalue weighted by Gasteiger charge is 2.26. The van der Waals surface area contributed by atoms with Crippen LogP contribution in [0.3, 0.4) is 0 Å². The van der Waals surface area contributed by atoms with Gasteiger partial charge in [-0.1, -0.05) is 42.0 Å². The molecule has 2 aromatic carbocycles. The number of likely N-dealkylation sites (tertiary alicyclic amines) is 1. The van der Waals surface area contributed by atoms with Gasteiger partial charge in [-0.3, -0.25) is 14.5 Å². The first-order valence-corrected chi connectivity index (χ1v) is 11.0. The zero-order chi connectivity index (χ0) is 21.5. The lowest BCUT2D eigenvalue weighted by molar-refractivity contribution is -0.121. The SMILES string of the molecule is CCN(CC)C(=O)c1ccccc1NC(=O)C1CCN(Cc2cccc(C)c2)CC1. The lowest BCUT2D eigenvalue weighted by atomic mass is 9.95. The second-order valence-corrected chi connectivity index (χ2v) is 8.05. The Bertz CT molecular complexity index is 868. The average molecular weight is 408 g/mol. The lowest BCUT2D eigenvalue weighted by Gasteiger charge is -2.31. The Hall–Kier alpha value is -2.66. The maximum Gasteiger partial charge on any atom is 0.255 e. The Balaban J connectivity index is 1.58. The van der Waals surface area contributed by atoms with Crippen LogP contribution >= 0.6 is 0 Å². The minimum absolute atomic E-state index is 0.0182. The number of anilines is 1. The third kappa shape index (κ3) is 5.48. The quantitative estimate of drug-likeness (QED) is 0.743. The van der Waals surface area contributed by atoms with Crippen LogP contribution in [0.2, 0.25) is 0 Å². The summed E-state index contributed by atoms with van der Waals surface area (Å²) in [4.78, 5) is 29.9. The fourth-order valence-corrected chi connectivity index (χ4v) is 4.12. The van der Waals surface area contributed by atoms with E-state index in [-0.39, 0.29) is 17.7 Å². The van der Waals surface area contributed by atoms with Crippen molar-refractivity contribution in [3.05, 3.63) is 65.2 Å². The van der Waals surface area contributed by atoms with Gasteiger partial charge in [-0.15, -0.1) is 0 Å². The molecule has 2 aromatic rings. The zero-order valence-corrected chi connectivity index (χ0v) is 18.4. The van der Waals surface area contributed by atoms with Crippen LogP contribution in [0.25, 0.3) is 0 Å². The number of rotatable bonds is 7. The van der Waals surface area contributed by atoms with Gasteiger partial charge in [0, 0.05) is 25.6 Å². The minimum Gasteiger partial charge on any atom is -0.339 e. The number of hydrogen-bond donors (Lipinski definition) is 1. The molecule has 2 amide bonds. The van der Waals surface area contributed by atoms with Crippen molar-refractivity contribution in [2.45, 2.75) is 40.2 Å². The summed E-state index contributed by atoms with van der Waals surface area (Å²) in [5.41, 5.74) is 3.77. The fraction of sp³-hybridized carbons (Fsp3) is 0.440. The molecule has 1 aliphatic rings. The standard InChI is InChI=1S/C25H33N3O2/c1-4-28(5-2)25(30)22-11-6-7-12-23(22)26-24(29)21-13-15-27(16-14-21)18-20-10-8-9-19(3)17-20/h6-12,17,21H,4-5,13-16,18H2,1-3H3,(H,26,29). The van der Waals surface area contributed by atoms with Crippen molar-refractivity contribution in [2.75, 3.05) is 31.5 Å². The van der Waals surface area contributed by atoms with Crippen LogP contribution in [-0.2, 0) is 11.3 Å². The first kappa shape index (κ1) is 22.0. The predicted molar refractivity (Wildman–Crippen MR) is 122 cm³/mol. The third-order valence-electron chi connectivity index (χ3n) is 5.91. The monoisotopic (exact) mass is 407 g/mol. The number of nitrogens with one attached hydrogen (secondary N) is 1. The van der Waals surface area contributed by atoms with Gasteiger partial charge in [0.2, 0.25) is 5.91 Å². The third-order valence-corrected chi connectivity index (χ3v) is 5.91. The number of hydrogen-bond acceptors (Lipinski definition) is 3. The van der Waals surface area contributed by atoms with Crippen molar-refractivity contribution in [1.29, 1.82) is 0 Å². The van der Waals surface area contributed by atoms with E-state index in [1.165, 1.54) is 11.1 Å². The van der Waals surface area contributed by atoms with E-state index in [2.05, 4.69) is 41.4 Å². The maximum atomic E-state index is 12.9. The molecule has 0 bridgehead atoms. The fourth-order valence-electron chi connectivity index (χ4n) is 4.12. The van der Waals surface area contributed by atoms with Crippen molar-refractivity contribution < 1.29 is 9.59 Å². The van der Waals surface area contributed by atoms with E-state index >= 15 is 0 Å². The van der Waals surface area contributed by atoms with E-state index in [0.29, 0.717) is 24.3 Å². The van der Waals surface area contributed by atoms with Crippen LogP contribution in [0.5, 0.6) is 0 Å². The molecule has 0 unspecified atom stereocenters. The van der Waals surface area contributed by atoms with Crippen LogP contribution in [0.4, 0.5) is 5.69 Å². The molecule has 0 aromatic heterocycles. The first-order valence-electron chi connectivity index (χ1n) is 11.0. The second kappa shape index (κ2) is 10.4. The molecule has 5 nitrogen and oxygen atoms in total. The summed E-state index contributed by atoms with van der Waals surface area (Å²) < 4.78 is 0. The van der Waals surface area contributed by atoms with Crippen molar-refractivity contribution in [3.8, 4) is 0 Å². The second-order valence-electron chi connectivity index (χ2n) is 8.05. The molecule has 0 saturated carbocycles. The number of carbonyl (C=O) groups excluding carboxylic acids is 2. The molecule has 1 N–H and O–H groups in total. The average Bonchev–Trinajstić information content (AvgIpc) is 2.75. The summed E-state index contributed by atoms with van der Waals surface area (Å²) in [6.45, 7) is 10.1. The lowest BCUT2D eigenvalue weighted by Crippen LogP contribution is -2.38. The Morgan fingerprint density at radius 1 is 1.03 bits per heavy atom. The van der Waals surface area contributed by atoms with E-state index in [0.717, 1.165) is 32.5 Å². The molecule has 0 aliphatic carbocycles. The molecule has 1 heterocycles. The minimum atomic E-state index is -0.0381. The normalized spacial score (nSPS) is 15.0. The summed E-state index contributed by atoms with van der Waals surface area (Å²) in [5, 5.41) is 3.03. The first-order chi connectivity index (χ1) is 14.5. The number of nitrogens with zero attached hydrogens (tertiary/aromatic N) is 2. The molecule has 30 heavy (non-hydrogen) atoms. The zero-order valence-electron chi connectivity index (χ0n) is 18.4. The van der Waals surface area contributed by atoms with Crippen LogP contribution in [0.15, 0.2) is 48.5 Å². The Labute approximate surface area is 180 Å². The van der Waals surface area contributed by atoms with E-state index in [1.807, 2.05) is 32.0 Å². The van der Waals surface area contributed by atoms with Crippen molar-refractivity contribution in [1.82, 2.24) is 9.80 Å². The molecule has 1 aliphatic heterocycles. The summed E-state index contributed by atoms with van der Waals surface area (Å²) in [6.07, 6.45) is 1.67. The van der Waals surface area contributed by atoms with Crippen molar-refractivity contribution in [3.63, 3.8) is 0 Å². The van der Waals surface area contributed by atoms with Gasteiger partial charge < -0.3 is 10.2 Å². The molecule has 3 rings (SSSR count). The van der Waals surface area contributed by atoms with E-state index in [1.54, 1.807) is 11.0 Å². The highest BCUT2D eigenvalue weighted by molar-refractivity contribution is 6.04. The summed E-state index contributed by atoms with van der Waals surface area (Å²) in [7, 11) is 0. The highest BCUT2D eigenvalue weighted by Crippen LogP contribution is 2.23. The molecule has 1 fully saturated rings. The smallest absolute Gasteiger partial charge is 0.255 e. The van der Waals surface area contributed by atoms with Gasteiger partial charge in [-0.2, -0.15) is 0 Å². The molecule has 5 heteroatoms. The largest absolute Gasteiger partial charge is 0.339 e. The summed E-state index contributed by atoms with van der Waals surface area (Å²) in [6, 6.07) is 15.9.